The van der Waals surface area contributed by atoms with Crippen molar-refractivity contribution in [3.8, 4) is 0 Å². The summed E-state index contributed by atoms with van der Waals surface area (Å²) in [6, 6.07) is 0. The third kappa shape index (κ3) is 4.01. The van der Waals surface area contributed by atoms with Crippen molar-refractivity contribution in [2.45, 2.75) is 23.9 Å². The largest absolute Gasteiger partial charge is 0.330 e. The quantitative estimate of drug-likeness (QED) is 0.470. The molecule has 0 bridgehead atoms. The van der Waals surface area contributed by atoms with Crippen LogP contribution in [0.25, 0.3) is 0 Å². The molecule has 0 aliphatic rings. The third-order valence-electron chi connectivity index (χ3n) is 0.903. The molecule has 0 aromatic carbocycles. The Balaban J connectivity index is 3.37. The molecule has 4 heteroatoms. The van der Waals surface area contributed by atoms with Crippen LogP contribution in [0.3, 0.4) is 0 Å². The smallest absolute Gasteiger partial charge is 0.121 e. The molecular weight excluding hydrogens is 236 g/mol. The Labute approximate surface area is 65.6 Å². The van der Waals surface area contributed by atoms with E-state index in [1.54, 1.807) is 0 Å². The molecule has 0 aliphatic carbocycles. The fourth-order valence-electron chi connectivity index (χ4n) is 0.195. The molecule has 2 atom stereocenters. The lowest BCUT2D eigenvalue weighted by molar-refractivity contribution is 0.231. The van der Waals surface area contributed by atoms with Crippen LogP contribution in [0.1, 0.15) is 20.3 Å². The standard InChI is InChI=1S/C4H11INOP/c1-3-4(2,5)7-8-6/h8H,3,6H2,1-2H3. The molecule has 0 spiro atoms. The summed E-state index contributed by atoms with van der Waals surface area (Å²) in [5.74, 6) is 0. The summed E-state index contributed by atoms with van der Waals surface area (Å²) in [4.78, 5) is 0. The summed E-state index contributed by atoms with van der Waals surface area (Å²) in [5.41, 5.74) is 5.19. The lowest BCUT2D eigenvalue weighted by Gasteiger charge is -2.18. The summed E-state index contributed by atoms with van der Waals surface area (Å²) in [5, 5.41) is 0. The minimum Gasteiger partial charge on any atom is -0.330 e. The van der Waals surface area contributed by atoms with Crippen LogP contribution >= 0.6 is 31.5 Å². The number of rotatable bonds is 3. The lowest BCUT2D eigenvalue weighted by Crippen LogP contribution is -2.14. The summed E-state index contributed by atoms with van der Waals surface area (Å²) < 4.78 is 5.12. The first kappa shape index (κ1) is 9.08. The van der Waals surface area contributed by atoms with E-state index in [4.69, 9.17) is 10.0 Å². The normalized spacial score (nSPS) is 19.5. The summed E-state index contributed by atoms with van der Waals surface area (Å²) >= 11 is 2.24. The van der Waals surface area contributed by atoms with Crippen LogP contribution < -0.4 is 5.50 Å². The van der Waals surface area contributed by atoms with Gasteiger partial charge >= 0.3 is 0 Å². The fraction of sp³-hybridized carbons (Fsp3) is 1.00. The van der Waals surface area contributed by atoms with E-state index in [9.17, 15) is 0 Å². The molecule has 0 aromatic rings. The van der Waals surface area contributed by atoms with Crippen LogP contribution in [0.4, 0.5) is 0 Å². The first-order chi connectivity index (χ1) is 3.62. The molecule has 0 fully saturated rings. The van der Waals surface area contributed by atoms with Crippen molar-refractivity contribution in [3.05, 3.63) is 0 Å². The van der Waals surface area contributed by atoms with Crippen molar-refractivity contribution >= 4 is 31.5 Å². The second-order valence-corrected chi connectivity index (χ2v) is 4.40. The predicted octanol–water partition coefficient (Wildman–Crippen LogP) is 2.03. The molecule has 0 heterocycles. The van der Waals surface area contributed by atoms with Gasteiger partial charge in [0.1, 0.15) is 3.61 Å². The highest BCUT2D eigenvalue weighted by atomic mass is 127. The first-order valence-corrected chi connectivity index (χ1v) is 4.51. The van der Waals surface area contributed by atoms with E-state index in [1.165, 1.54) is 0 Å². The zero-order chi connectivity index (χ0) is 6.62. The number of hydrogen-bond acceptors (Lipinski definition) is 2. The van der Waals surface area contributed by atoms with Gasteiger partial charge in [-0.3, -0.25) is 5.50 Å². The predicted molar refractivity (Wildman–Crippen MR) is 46.3 cm³/mol. The molecule has 2 N–H and O–H groups in total. The maximum absolute atomic E-state index is 5.19. The van der Waals surface area contributed by atoms with Crippen molar-refractivity contribution in [1.29, 1.82) is 0 Å². The zero-order valence-corrected chi connectivity index (χ0v) is 8.23. The van der Waals surface area contributed by atoms with Gasteiger partial charge in [-0.2, -0.15) is 0 Å². The van der Waals surface area contributed by atoms with E-state index in [1.807, 2.05) is 6.92 Å². The molecule has 0 aromatic heterocycles. The summed E-state index contributed by atoms with van der Waals surface area (Å²) in [6.45, 7) is 4.10. The van der Waals surface area contributed by atoms with Crippen molar-refractivity contribution in [2.75, 3.05) is 0 Å². The van der Waals surface area contributed by atoms with Crippen LogP contribution in [0.5, 0.6) is 0 Å². The van der Waals surface area contributed by atoms with Crippen LogP contribution in [-0.4, -0.2) is 3.61 Å². The molecule has 2 unspecified atom stereocenters. The molecule has 0 saturated heterocycles. The SMILES string of the molecule is CCC(C)(I)OPN. The maximum atomic E-state index is 5.19. The topological polar surface area (TPSA) is 35.2 Å². The Morgan fingerprint density at radius 1 is 1.88 bits per heavy atom. The average Bonchev–Trinajstić information content (AvgIpc) is 1.67. The van der Waals surface area contributed by atoms with Gasteiger partial charge in [0.25, 0.3) is 0 Å². The monoisotopic (exact) mass is 247 g/mol. The molecular formula is C4H11INOP. The second-order valence-electron chi connectivity index (χ2n) is 1.68. The molecule has 8 heavy (non-hydrogen) atoms. The third-order valence-corrected chi connectivity index (χ3v) is 2.87. The molecule has 0 amide bonds. The second kappa shape index (κ2) is 3.99. The van der Waals surface area contributed by atoms with Crippen molar-refractivity contribution < 1.29 is 4.52 Å². The van der Waals surface area contributed by atoms with E-state index in [0.717, 1.165) is 6.42 Å². The van der Waals surface area contributed by atoms with Crippen molar-refractivity contribution in [1.82, 2.24) is 0 Å². The van der Waals surface area contributed by atoms with Crippen molar-refractivity contribution in [2.24, 2.45) is 5.50 Å². The molecule has 2 nitrogen and oxygen atoms in total. The average molecular weight is 247 g/mol. The van der Waals surface area contributed by atoms with Gasteiger partial charge in [0.15, 0.2) is 0 Å². The van der Waals surface area contributed by atoms with E-state index >= 15 is 0 Å². The van der Waals surface area contributed by atoms with Gasteiger partial charge in [-0.05, 0) is 35.9 Å². The van der Waals surface area contributed by atoms with Gasteiger partial charge in [0.2, 0.25) is 0 Å². The van der Waals surface area contributed by atoms with Gasteiger partial charge in [-0.15, -0.1) is 0 Å². The first-order valence-electron chi connectivity index (χ1n) is 2.45. The highest BCUT2D eigenvalue weighted by Gasteiger charge is 2.15. The Morgan fingerprint density at radius 2 is 2.38 bits per heavy atom. The molecule has 0 saturated carbocycles. The van der Waals surface area contributed by atoms with E-state index in [-0.39, 0.29) is 12.6 Å². The highest BCUT2D eigenvalue weighted by Crippen LogP contribution is 2.28. The number of halogens is 1. The Kier molecular flexibility index (Phi) is 4.52. The zero-order valence-electron chi connectivity index (χ0n) is 5.07. The summed E-state index contributed by atoms with van der Waals surface area (Å²) in [7, 11) is 0.108. The highest BCUT2D eigenvalue weighted by molar-refractivity contribution is 14.1. The Hall–Kier alpha value is 1.08. The maximum Gasteiger partial charge on any atom is 0.121 e. The molecule has 0 radical (unpaired) electrons. The van der Waals surface area contributed by atoms with E-state index in [0.29, 0.717) is 0 Å². The number of hydrogen-bond donors (Lipinski definition) is 1. The summed E-state index contributed by atoms with van der Waals surface area (Å²) in [6.07, 6.45) is 0.998. The molecule has 0 aliphatic heterocycles. The molecule has 50 valence electrons. The fourth-order valence-corrected chi connectivity index (χ4v) is 0.966. The van der Waals surface area contributed by atoms with Gasteiger partial charge in [-0.25, -0.2) is 0 Å². The van der Waals surface area contributed by atoms with E-state index in [2.05, 4.69) is 29.5 Å². The van der Waals surface area contributed by atoms with Gasteiger partial charge in [-0.1, -0.05) is 6.92 Å². The van der Waals surface area contributed by atoms with Gasteiger partial charge in [0, 0.05) is 0 Å². The van der Waals surface area contributed by atoms with Gasteiger partial charge < -0.3 is 4.52 Å². The Bertz CT molecular complexity index is 69.1. The minimum absolute atomic E-state index is 0.0506. The minimum atomic E-state index is -0.0506. The number of nitrogens with two attached hydrogens (primary N) is 1. The van der Waals surface area contributed by atoms with E-state index < -0.39 is 0 Å². The van der Waals surface area contributed by atoms with Crippen LogP contribution in [-0.2, 0) is 4.52 Å². The van der Waals surface area contributed by atoms with Crippen LogP contribution in [0.15, 0.2) is 0 Å². The van der Waals surface area contributed by atoms with Crippen LogP contribution in [0, 0.1) is 0 Å². The van der Waals surface area contributed by atoms with Crippen molar-refractivity contribution in [3.63, 3.8) is 0 Å². The Morgan fingerprint density at radius 3 is 2.50 bits per heavy atom. The lowest BCUT2D eigenvalue weighted by atomic mass is 10.3. The number of alkyl halides is 1. The van der Waals surface area contributed by atoms with Crippen LogP contribution in [0.2, 0.25) is 0 Å². The molecule has 0 rings (SSSR count). The van der Waals surface area contributed by atoms with Gasteiger partial charge in [0.05, 0.1) is 8.96 Å².